The summed E-state index contributed by atoms with van der Waals surface area (Å²) in [6.07, 6.45) is 1.63. The van der Waals surface area contributed by atoms with Gasteiger partial charge >= 0.3 is 0 Å². The maximum Gasteiger partial charge on any atom is 0.254 e. The monoisotopic (exact) mass is 685 g/mol. The van der Waals surface area contributed by atoms with Gasteiger partial charge < -0.3 is 0 Å². The van der Waals surface area contributed by atoms with E-state index in [-0.39, 0.29) is 41.4 Å². The zero-order valence-electron chi connectivity index (χ0n) is 27.0. The first-order valence-corrected chi connectivity index (χ1v) is 17.7. The number of hydrogen-bond acceptors (Lipinski definition) is 5. The van der Waals surface area contributed by atoms with E-state index in [0.717, 1.165) is 49.5 Å². The summed E-state index contributed by atoms with van der Waals surface area (Å²) in [5.74, 6) is -5.09. The Morgan fingerprint density at radius 3 is 1.45 bits per heavy atom. The van der Waals surface area contributed by atoms with Gasteiger partial charge in [-0.25, -0.2) is 4.90 Å². The zero-order chi connectivity index (χ0) is 34.3. The van der Waals surface area contributed by atoms with Crippen LogP contribution in [0.3, 0.4) is 0 Å². The average Bonchev–Trinajstić information content (AvgIpc) is 3.59. The number of benzene rings is 5. The standard InChI is InChI=1S/C43H28ClN3O4/c44-30-19-9-10-20-31(30)46-39(48)37-34-26-15-5-7-17-28(26)43(38(37)42(46)51,29-18-8-6-16-27(29)34)21-45-47-40(49)35-32-22-11-1-2-12-23(22)33(36(35)41(47)50)25-14-4-3-13-24(25)32/h1-21,32-38H/b45-21-/t32?,33?,34?,35-,36+,37-,38+,43?/m0/s1. The Kier molecular flexibility index (Phi) is 5.70. The third-order valence-corrected chi connectivity index (χ3v) is 12.9. The van der Waals surface area contributed by atoms with Gasteiger partial charge in [-0.1, -0.05) is 121 Å². The molecule has 2 fully saturated rings. The van der Waals surface area contributed by atoms with Crippen molar-refractivity contribution in [3.63, 3.8) is 0 Å². The summed E-state index contributed by atoms with van der Waals surface area (Å²) in [6.45, 7) is 0. The van der Waals surface area contributed by atoms with Crippen molar-refractivity contribution in [1.82, 2.24) is 5.01 Å². The van der Waals surface area contributed by atoms with Gasteiger partial charge in [-0.3, -0.25) is 19.2 Å². The number of anilines is 1. The normalized spacial score (nSPS) is 30.3. The molecule has 0 radical (unpaired) electrons. The fraction of sp³-hybridized carbons (Fsp3) is 0.186. The van der Waals surface area contributed by atoms with Gasteiger partial charge in [-0.15, -0.1) is 0 Å². The molecule has 246 valence electrons. The van der Waals surface area contributed by atoms with Gasteiger partial charge in [-0.2, -0.15) is 10.1 Å². The predicted molar refractivity (Wildman–Crippen MR) is 190 cm³/mol. The second-order valence-corrected chi connectivity index (χ2v) is 14.9. The number of amides is 4. The molecule has 4 bridgehead atoms. The summed E-state index contributed by atoms with van der Waals surface area (Å²) in [7, 11) is 0. The Morgan fingerprint density at radius 2 is 0.941 bits per heavy atom. The van der Waals surface area contributed by atoms with Crippen LogP contribution in [0.15, 0.2) is 126 Å². The van der Waals surface area contributed by atoms with Crippen LogP contribution in [0.2, 0.25) is 5.02 Å². The minimum atomic E-state index is -1.24. The Hall–Kier alpha value is -5.66. The zero-order valence-corrected chi connectivity index (χ0v) is 27.8. The van der Waals surface area contributed by atoms with Crippen LogP contribution in [0.4, 0.5) is 5.69 Å². The highest BCUT2D eigenvalue weighted by Crippen LogP contribution is 2.65. The molecular formula is C43H28ClN3O4. The minimum Gasteiger partial charge on any atom is -0.274 e. The Balaban J connectivity index is 1.09. The van der Waals surface area contributed by atoms with Crippen molar-refractivity contribution in [1.29, 1.82) is 0 Å². The third-order valence-electron chi connectivity index (χ3n) is 12.6. The second kappa shape index (κ2) is 9.98. The summed E-state index contributed by atoms with van der Waals surface area (Å²) < 4.78 is 0. The van der Waals surface area contributed by atoms with Crippen molar-refractivity contribution in [2.45, 2.75) is 23.2 Å². The second-order valence-electron chi connectivity index (χ2n) is 14.5. The molecule has 0 N–H and O–H groups in total. The highest BCUT2D eigenvalue weighted by Gasteiger charge is 2.69. The number of halogens is 1. The van der Waals surface area contributed by atoms with E-state index in [4.69, 9.17) is 16.7 Å². The van der Waals surface area contributed by atoms with Crippen molar-refractivity contribution >= 4 is 47.1 Å². The van der Waals surface area contributed by atoms with E-state index in [1.54, 1.807) is 30.5 Å². The lowest BCUT2D eigenvalue weighted by Gasteiger charge is -2.52. The molecule has 8 aliphatic rings. The van der Waals surface area contributed by atoms with Gasteiger partial charge in [0.15, 0.2) is 0 Å². The molecule has 2 saturated heterocycles. The van der Waals surface area contributed by atoms with E-state index < -0.39 is 29.1 Å². The van der Waals surface area contributed by atoms with E-state index >= 15 is 0 Å². The first kappa shape index (κ1) is 29.1. The molecule has 8 heteroatoms. The van der Waals surface area contributed by atoms with Crippen molar-refractivity contribution in [3.8, 4) is 0 Å². The van der Waals surface area contributed by atoms with Gasteiger partial charge in [0.2, 0.25) is 11.8 Å². The van der Waals surface area contributed by atoms with Crippen LogP contribution in [-0.2, 0) is 24.6 Å². The van der Waals surface area contributed by atoms with E-state index in [1.165, 1.54) is 4.90 Å². The van der Waals surface area contributed by atoms with Gasteiger partial charge in [0.25, 0.3) is 11.8 Å². The molecule has 0 unspecified atom stereocenters. The molecule has 2 heterocycles. The molecule has 4 amide bonds. The maximum atomic E-state index is 14.8. The lowest BCUT2D eigenvalue weighted by Crippen LogP contribution is -2.55. The van der Waals surface area contributed by atoms with Crippen LogP contribution in [-0.4, -0.2) is 34.9 Å². The van der Waals surface area contributed by atoms with Gasteiger partial charge in [0.05, 0.1) is 39.8 Å². The molecule has 4 atom stereocenters. The molecule has 51 heavy (non-hydrogen) atoms. The van der Waals surface area contributed by atoms with Crippen LogP contribution in [0.1, 0.15) is 62.3 Å². The molecule has 5 aromatic rings. The summed E-state index contributed by atoms with van der Waals surface area (Å²) >= 11 is 6.61. The molecule has 2 aliphatic heterocycles. The van der Waals surface area contributed by atoms with Crippen LogP contribution in [0.25, 0.3) is 0 Å². The number of rotatable bonds is 3. The third kappa shape index (κ3) is 3.38. The van der Waals surface area contributed by atoms with Gasteiger partial charge in [0.1, 0.15) is 0 Å². The number of carbonyl (C=O) groups is 4. The van der Waals surface area contributed by atoms with Gasteiger partial charge in [0, 0.05) is 24.0 Å². The number of para-hydroxylation sites is 1. The molecule has 0 saturated carbocycles. The van der Waals surface area contributed by atoms with Crippen LogP contribution in [0, 0.1) is 23.7 Å². The summed E-state index contributed by atoms with van der Waals surface area (Å²) in [6, 6.07) is 38.8. The predicted octanol–water partition coefficient (Wildman–Crippen LogP) is 6.77. The first-order chi connectivity index (χ1) is 24.9. The lowest BCUT2D eigenvalue weighted by atomic mass is 9.47. The molecule has 5 aromatic carbocycles. The highest BCUT2D eigenvalue weighted by molar-refractivity contribution is 6.36. The van der Waals surface area contributed by atoms with Crippen molar-refractivity contribution in [3.05, 3.63) is 171 Å². The van der Waals surface area contributed by atoms with E-state index in [9.17, 15) is 19.2 Å². The average molecular weight is 686 g/mol. The molecule has 13 rings (SSSR count). The summed E-state index contributed by atoms with van der Waals surface area (Å²) in [5, 5.41) is 6.22. The minimum absolute atomic E-state index is 0.267. The van der Waals surface area contributed by atoms with E-state index in [1.807, 2.05) is 72.8 Å². The fourth-order valence-electron chi connectivity index (χ4n) is 10.8. The smallest absolute Gasteiger partial charge is 0.254 e. The number of carbonyl (C=O) groups excluding carboxylic acids is 4. The number of nitrogens with zero attached hydrogens (tertiary/aromatic N) is 3. The Bertz CT molecular complexity index is 2310. The Morgan fingerprint density at radius 1 is 0.510 bits per heavy atom. The molecule has 7 nitrogen and oxygen atoms in total. The topological polar surface area (TPSA) is 87.1 Å². The van der Waals surface area contributed by atoms with Crippen molar-refractivity contribution in [2.75, 3.05) is 4.90 Å². The van der Waals surface area contributed by atoms with E-state index in [0.29, 0.717) is 10.7 Å². The summed E-state index contributed by atoms with van der Waals surface area (Å²) in [4.78, 5) is 59.8. The molecule has 6 aliphatic carbocycles. The molecule has 0 aromatic heterocycles. The van der Waals surface area contributed by atoms with E-state index in [2.05, 4.69) is 24.3 Å². The number of hydrazone groups is 1. The number of hydrogen-bond donors (Lipinski definition) is 0. The first-order valence-electron chi connectivity index (χ1n) is 17.3. The maximum absolute atomic E-state index is 14.8. The van der Waals surface area contributed by atoms with Crippen molar-refractivity contribution in [2.24, 2.45) is 28.8 Å². The summed E-state index contributed by atoms with van der Waals surface area (Å²) in [5.41, 5.74) is 6.98. The van der Waals surface area contributed by atoms with Gasteiger partial charge in [-0.05, 0) is 56.6 Å². The SMILES string of the molecule is O=C1[C@@H]2C3c4ccccc4C(c4ccccc43)[C@@H]2C(=O)N1/N=C\C12c3ccccc3C(c3ccccc31)[C@@H]1C(=O)N(c3ccccc3Cl)C(=O)[C@@H]12. The van der Waals surface area contributed by atoms with Crippen LogP contribution < -0.4 is 4.90 Å². The molecule has 0 spiro atoms. The Labute approximate surface area is 298 Å². The van der Waals surface area contributed by atoms with Crippen molar-refractivity contribution < 1.29 is 19.2 Å². The van der Waals surface area contributed by atoms with Crippen LogP contribution in [0.5, 0.6) is 0 Å². The number of imide groups is 2. The fourth-order valence-corrected chi connectivity index (χ4v) is 11.1. The highest BCUT2D eigenvalue weighted by atomic mass is 35.5. The quantitative estimate of drug-likeness (QED) is 0.155. The molecular weight excluding hydrogens is 658 g/mol. The van der Waals surface area contributed by atoms with Crippen LogP contribution >= 0.6 is 11.6 Å². The lowest BCUT2D eigenvalue weighted by molar-refractivity contribution is -0.140. The largest absolute Gasteiger partial charge is 0.274 e.